The maximum atomic E-state index is 10.6. The zero-order valence-electron chi connectivity index (χ0n) is 6.85. The molecular weight excluding hydrogens is 359 g/mol. The average Bonchev–Trinajstić information content (AvgIpc) is 2.06. The van der Waals surface area contributed by atoms with Gasteiger partial charge < -0.3 is 0 Å². The van der Waals surface area contributed by atoms with Crippen LogP contribution in [-0.2, 0) is 9.05 Å². The molecule has 0 atom stereocenters. The summed E-state index contributed by atoms with van der Waals surface area (Å²) in [5.74, 6) is 0.345. The smallest absolute Gasteiger partial charge is 0.233 e. The standard InChI is InChI=1S/C6H6ClIN2O2S2/c7-14(11,12)2-1-13-6-5(8)3-9-4-10-6/h3-4H,1-2H2. The van der Waals surface area contributed by atoms with Gasteiger partial charge in [-0.3, -0.25) is 0 Å². The van der Waals surface area contributed by atoms with Gasteiger partial charge in [0.05, 0.1) is 9.32 Å². The van der Waals surface area contributed by atoms with Gasteiger partial charge in [0.2, 0.25) is 9.05 Å². The van der Waals surface area contributed by atoms with Crippen LogP contribution in [0.4, 0.5) is 0 Å². The van der Waals surface area contributed by atoms with Crippen molar-refractivity contribution in [2.45, 2.75) is 5.03 Å². The highest BCUT2D eigenvalue weighted by molar-refractivity contribution is 14.1. The molecule has 0 aliphatic rings. The van der Waals surface area contributed by atoms with Gasteiger partial charge in [0.1, 0.15) is 11.4 Å². The minimum atomic E-state index is -3.40. The fourth-order valence-corrected chi connectivity index (χ4v) is 3.61. The molecule has 78 valence electrons. The van der Waals surface area contributed by atoms with Crippen LogP contribution in [0.1, 0.15) is 0 Å². The lowest BCUT2D eigenvalue weighted by molar-refractivity contribution is 0.611. The fraction of sp³-hybridized carbons (Fsp3) is 0.333. The van der Waals surface area contributed by atoms with Crippen LogP contribution in [0.15, 0.2) is 17.6 Å². The topological polar surface area (TPSA) is 59.9 Å². The zero-order valence-corrected chi connectivity index (χ0v) is 11.4. The van der Waals surface area contributed by atoms with E-state index >= 15 is 0 Å². The van der Waals surface area contributed by atoms with Crippen molar-refractivity contribution in [3.8, 4) is 0 Å². The second-order valence-corrected chi connectivity index (χ2v) is 7.41. The first-order valence-electron chi connectivity index (χ1n) is 3.49. The van der Waals surface area contributed by atoms with E-state index in [2.05, 4.69) is 32.6 Å². The first kappa shape index (κ1) is 12.5. The Morgan fingerprint density at radius 1 is 1.57 bits per heavy atom. The maximum Gasteiger partial charge on any atom is 0.233 e. The van der Waals surface area contributed by atoms with E-state index in [0.717, 1.165) is 8.60 Å². The van der Waals surface area contributed by atoms with E-state index in [0.29, 0.717) is 5.75 Å². The van der Waals surface area contributed by atoms with Gasteiger partial charge in [-0.2, -0.15) is 0 Å². The number of aromatic nitrogens is 2. The minimum absolute atomic E-state index is 0.0562. The van der Waals surface area contributed by atoms with Crippen molar-refractivity contribution in [1.82, 2.24) is 9.97 Å². The van der Waals surface area contributed by atoms with Crippen LogP contribution < -0.4 is 0 Å². The molecule has 0 radical (unpaired) electrons. The summed E-state index contributed by atoms with van der Waals surface area (Å²) in [5.41, 5.74) is 0. The summed E-state index contributed by atoms with van der Waals surface area (Å²) in [6, 6.07) is 0. The van der Waals surface area contributed by atoms with Crippen molar-refractivity contribution in [2.75, 3.05) is 11.5 Å². The van der Waals surface area contributed by atoms with Gasteiger partial charge in [-0.15, -0.1) is 11.8 Å². The lowest BCUT2D eigenvalue weighted by Gasteiger charge is -2.00. The van der Waals surface area contributed by atoms with E-state index in [1.54, 1.807) is 6.20 Å². The number of halogens is 2. The van der Waals surface area contributed by atoms with Crippen molar-refractivity contribution < 1.29 is 8.42 Å². The largest absolute Gasteiger partial charge is 0.244 e. The Kier molecular flexibility index (Phi) is 4.88. The summed E-state index contributed by atoms with van der Waals surface area (Å²) in [5, 5.41) is 0.779. The second kappa shape index (κ2) is 5.47. The third-order valence-electron chi connectivity index (χ3n) is 1.20. The van der Waals surface area contributed by atoms with E-state index in [1.165, 1.54) is 18.1 Å². The SMILES string of the molecule is O=S(=O)(Cl)CCSc1ncncc1I. The van der Waals surface area contributed by atoms with Crippen LogP contribution in [0.2, 0.25) is 0 Å². The molecule has 0 saturated carbocycles. The summed E-state index contributed by atoms with van der Waals surface area (Å²) in [4.78, 5) is 7.83. The van der Waals surface area contributed by atoms with Gasteiger partial charge in [-0.1, -0.05) is 0 Å². The molecule has 0 bridgehead atoms. The molecule has 0 amide bonds. The molecule has 14 heavy (non-hydrogen) atoms. The molecule has 0 aliphatic carbocycles. The fourth-order valence-electron chi connectivity index (χ4n) is 0.646. The first-order chi connectivity index (χ1) is 6.49. The Bertz CT molecular complexity index is 412. The number of thioether (sulfide) groups is 1. The molecule has 1 rings (SSSR count). The third kappa shape index (κ3) is 4.76. The molecule has 4 nitrogen and oxygen atoms in total. The van der Waals surface area contributed by atoms with Crippen molar-refractivity contribution >= 4 is 54.1 Å². The lowest BCUT2D eigenvalue weighted by Crippen LogP contribution is -2.00. The zero-order chi connectivity index (χ0) is 10.6. The molecule has 1 aromatic rings. The lowest BCUT2D eigenvalue weighted by atomic mass is 10.7. The number of rotatable bonds is 4. The normalized spacial score (nSPS) is 11.6. The molecule has 0 saturated heterocycles. The highest BCUT2D eigenvalue weighted by Gasteiger charge is 2.07. The Labute approximate surface area is 104 Å². The molecule has 1 aromatic heterocycles. The van der Waals surface area contributed by atoms with Crippen LogP contribution in [-0.4, -0.2) is 29.9 Å². The highest BCUT2D eigenvalue weighted by atomic mass is 127. The molecule has 0 spiro atoms. The summed E-state index contributed by atoms with van der Waals surface area (Å²) >= 11 is 3.44. The van der Waals surface area contributed by atoms with Crippen molar-refractivity contribution in [3.05, 3.63) is 16.1 Å². The second-order valence-electron chi connectivity index (χ2n) is 2.27. The van der Waals surface area contributed by atoms with Crippen LogP contribution >= 0.6 is 45.0 Å². The van der Waals surface area contributed by atoms with E-state index < -0.39 is 9.05 Å². The maximum absolute atomic E-state index is 10.6. The molecule has 0 N–H and O–H groups in total. The van der Waals surface area contributed by atoms with Crippen LogP contribution in [0.3, 0.4) is 0 Å². The Morgan fingerprint density at radius 2 is 2.29 bits per heavy atom. The van der Waals surface area contributed by atoms with Gasteiger partial charge in [0.25, 0.3) is 0 Å². The van der Waals surface area contributed by atoms with E-state index in [4.69, 9.17) is 10.7 Å². The van der Waals surface area contributed by atoms with Crippen molar-refractivity contribution in [3.63, 3.8) is 0 Å². The van der Waals surface area contributed by atoms with E-state index in [-0.39, 0.29) is 5.75 Å². The first-order valence-corrected chi connectivity index (χ1v) is 8.04. The number of hydrogen-bond donors (Lipinski definition) is 0. The predicted octanol–water partition coefficient (Wildman–Crippen LogP) is 1.74. The van der Waals surface area contributed by atoms with E-state index in [1.807, 2.05) is 0 Å². The van der Waals surface area contributed by atoms with Gasteiger partial charge in [-0.25, -0.2) is 18.4 Å². The third-order valence-corrected chi connectivity index (χ3v) is 4.78. The summed E-state index contributed by atoms with van der Waals surface area (Å²) in [6.07, 6.45) is 3.10. The number of nitrogens with zero attached hydrogens (tertiary/aromatic N) is 2. The molecular formula is C6H6ClIN2O2S2. The Hall–Kier alpha value is 0.400. The molecule has 1 heterocycles. The van der Waals surface area contributed by atoms with Crippen LogP contribution in [0, 0.1) is 3.57 Å². The van der Waals surface area contributed by atoms with Crippen molar-refractivity contribution in [1.29, 1.82) is 0 Å². The van der Waals surface area contributed by atoms with Crippen molar-refractivity contribution in [2.24, 2.45) is 0 Å². The van der Waals surface area contributed by atoms with Gasteiger partial charge >= 0.3 is 0 Å². The summed E-state index contributed by atoms with van der Waals surface area (Å²) in [6.45, 7) is 0. The monoisotopic (exact) mass is 364 g/mol. The van der Waals surface area contributed by atoms with E-state index in [9.17, 15) is 8.42 Å². The summed E-state index contributed by atoms with van der Waals surface area (Å²) < 4.78 is 22.2. The highest BCUT2D eigenvalue weighted by Crippen LogP contribution is 2.20. The van der Waals surface area contributed by atoms with Gasteiger partial charge in [0, 0.05) is 22.6 Å². The molecule has 0 aromatic carbocycles. The Morgan fingerprint density at radius 3 is 2.86 bits per heavy atom. The van der Waals surface area contributed by atoms with Gasteiger partial charge in [0.15, 0.2) is 0 Å². The Balaban J connectivity index is 2.51. The molecule has 0 aliphatic heterocycles. The molecule has 0 fully saturated rings. The van der Waals surface area contributed by atoms with Gasteiger partial charge in [-0.05, 0) is 22.6 Å². The predicted molar refractivity (Wildman–Crippen MR) is 65.1 cm³/mol. The van der Waals surface area contributed by atoms with Crippen LogP contribution in [0.25, 0.3) is 0 Å². The quantitative estimate of drug-likeness (QED) is 0.352. The average molecular weight is 365 g/mol. The molecule has 8 heteroatoms. The van der Waals surface area contributed by atoms with Crippen LogP contribution in [0.5, 0.6) is 0 Å². The minimum Gasteiger partial charge on any atom is -0.244 e. The summed E-state index contributed by atoms with van der Waals surface area (Å²) in [7, 11) is 1.66. The number of hydrogen-bond acceptors (Lipinski definition) is 5. The molecule has 0 unspecified atom stereocenters.